The Balaban J connectivity index is 1.08. The van der Waals surface area contributed by atoms with Gasteiger partial charge in [-0.2, -0.15) is 0 Å². The average molecular weight is 703 g/mol. The highest BCUT2D eigenvalue weighted by Gasteiger charge is 2.31. The fourth-order valence-corrected chi connectivity index (χ4v) is 8.40. The number of nitrogens with one attached hydrogen (secondary N) is 6. The third kappa shape index (κ3) is 6.10. The number of rotatable bonds is 6. The van der Waals surface area contributed by atoms with Gasteiger partial charge in [0.1, 0.15) is 0 Å². The Morgan fingerprint density at radius 2 is 1.19 bits per heavy atom. The summed E-state index contributed by atoms with van der Waals surface area (Å²) in [6, 6.07) is 52.9. The van der Waals surface area contributed by atoms with Crippen molar-refractivity contribution >= 4 is 16.5 Å². The zero-order chi connectivity index (χ0) is 35.8. The first kappa shape index (κ1) is 32.5. The normalized spacial score (nSPS) is 21.9. The summed E-state index contributed by atoms with van der Waals surface area (Å²) in [4.78, 5) is 0. The summed E-state index contributed by atoms with van der Waals surface area (Å²) in [6.45, 7) is 1.68. The SMILES string of the molecule is C1=CC2NC(c3ccc(-c4cc(-c5cccc6ccccc56)cc(C5NC(c6ccccc6)NC(c6ccccc6)N5)c4)cc3)=C3C=CNCC3=C2NC1. The van der Waals surface area contributed by atoms with Crippen LogP contribution in [0.2, 0.25) is 0 Å². The molecule has 1 fully saturated rings. The van der Waals surface area contributed by atoms with E-state index < -0.39 is 0 Å². The lowest BCUT2D eigenvalue weighted by atomic mass is 9.88. The third-order valence-electron chi connectivity index (χ3n) is 11.1. The van der Waals surface area contributed by atoms with Crippen LogP contribution in [0.4, 0.5) is 0 Å². The summed E-state index contributed by atoms with van der Waals surface area (Å²) >= 11 is 0. The molecule has 1 saturated heterocycles. The van der Waals surface area contributed by atoms with Crippen LogP contribution in [0, 0.1) is 0 Å². The van der Waals surface area contributed by atoms with Gasteiger partial charge in [-0.05, 0) is 85.8 Å². The van der Waals surface area contributed by atoms with E-state index in [9.17, 15) is 0 Å². The van der Waals surface area contributed by atoms with Crippen molar-refractivity contribution in [2.24, 2.45) is 0 Å². The monoisotopic (exact) mass is 702 g/mol. The number of fused-ring (bicyclic) bond motifs is 3. The van der Waals surface area contributed by atoms with Crippen LogP contribution in [0.15, 0.2) is 187 Å². The summed E-state index contributed by atoms with van der Waals surface area (Å²) in [5, 5.41) is 25.0. The van der Waals surface area contributed by atoms with Gasteiger partial charge in [0.05, 0.1) is 24.5 Å². The van der Waals surface area contributed by atoms with Crippen LogP contribution in [0.1, 0.15) is 40.8 Å². The van der Waals surface area contributed by atoms with Crippen molar-refractivity contribution in [3.63, 3.8) is 0 Å². The van der Waals surface area contributed by atoms with Gasteiger partial charge < -0.3 is 16.0 Å². The predicted octanol–water partition coefficient (Wildman–Crippen LogP) is 8.57. The van der Waals surface area contributed by atoms with Crippen LogP contribution in [0.5, 0.6) is 0 Å². The van der Waals surface area contributed by atoms with E-state index in [1.807, 2.05) is 0 Å². The zero-order valence-electron chi connectivity index (χ0n) is 29.9. The molecular formula is C48H42N6. The maximum absolute atomic E-state index is 3.92. The van der Waals surface area contributed by atoms with Gasteiger partial charge in [0.25, 0.3) is 0 Å². The van der Waals surface area contributed by atoms with E-state index in [4.69, 9.17) is 0 Å². The van der Waals surface area contributed by atoms with Crippen molar-refractivity contribution in [3.8, 4) is 22.3 Å². The lowest BCUT2D eigenvalue weighted by Crippen LogP contribution is -2.54. The van der Waals surface area contributed by atoms with E-state index in [1.54, 1.807) is 0 Å². The van der Waals surface area contributed by atoms with Crippen LogP contribution < -0.4 is 31.9 Å². The minimum absolute atomic E-state index is 0.0539. The lowest BCUT2D eigenvalue weighted by Gasteiger charge is -2.40. The summed E-state index contributed by atoms with van der Waals surface area (Å²) < 4.78 is 0. The van der Waals surface area contributed by atoms with Crippen molar-refractivity contribution in [3.05, 3.63) is 209 Å². The summed E-state index contributed by atoms with van der Waals surface area (Å²) in [5.74, 6) is 0. The van der Waals surface area contributed by atoms with Crippen molar-refractivity contribution < 1.29 is 0 Å². The first-order valence-electron chi connectivity index (χ1n) is 18.9. The van der Waals surface area contributed by atoms with Gasteiger partial charge >= 0.3 is 0 Å². The Morgan fingerprint density at radius 1 is 0.537 bits per heavy atom. The van der Waals surface area contributed by atoms with Crippen molar-refractivity contribution in [2.45, 2.75) is 24.5 Å². The van der Waals surface area contributed by atoms with E-state index in [0.29, 0.717) is 0 Å². The minimum atomic E-state index is -0.128. The second kappa shape index (κ2) is 14.0. The molecule has 54 heavy (non-hydrogen) atoms. The molecule has 3 unspecified atom stereocenters. The number of hydrogen-bond acceptors (Lipinski definition) is 6. The van der Waals surface area contributed by atoms with Gasteiger partial charge in [-0.15, -0.1) is 0 Å². The quantitative estimate of drug-likeness (QED) is 0.0978. The lowest BCUT2D eigenvalue weighted by molar-refractivity contribution is 0.203. The molecule has 4 heterocycles. The first-order chi connectivity index (χ1) is 26.7. The highest BCUT2D eigenvalue weighted by Crippen LogP contribution is 2.38. The van der Waals surface area contributed by atoms with E-state index in [1.165, 1.54) is 77.8 Å². The molecule has 0 amide bonds. The predicted molar refractivity (Wildman–Crippen MR) is 220 cm³/mol. The molecule has 3 atom stereocenters. The molecule has 0 spiro atoms. The first-order valence-corrected chi connectivity index (χ1v) is 18.9. The Morgan fingerprint density at radius 3 is 1.94 bits per heavy atom. The van der Waals surface area contributed by atoms with E-state index in [0.717, 1.165) is 13.1 Å². The molecule has 10 rings (SSSR count). The molecule has 6 heteroatoms. The summed E-state index contributed by atoms with van der Waals surface area (Å²) in [5.41, 5.74) is 14.5. The molecule has 6 aromatic rings. The molecule has 6 aromatic carbocycles. The van der Waals surface area contributed by atoms with E-state index >= 15 is 0 Å². The molecule has 4 aliphatic heterocycles. The molecule has 0 bridgehead atoms. The fraction of sp³-hybridized carbons (Fsp3) is 0.125. The smallest absolute Gasteiger partial charge is 0.0865 e. The van der Waals surface area contributed by atoms with Crippen molar-refractivity contribution in [1.82, 2.24) is 31.9 Å². The Bertz CT molecular complexity index is 2410. The zero-order valence-corrected chi connectivity index (χ0v) is 29.9. The second-order valence-electron chi connectivity index (χ2n) is 14.4. The minimum Gasteiger partial charge on any atom is -0.387 e. The van der Waals surface area contributed by atoms with Gasteiger partial charge in [0.2, 0.25) is 0 Å². The Labute approximate surface area is 316 Å². The Hall–Kier alpha value is -6.18. The highest BCUT2D eigenvalue weighted by atomic mass is 15.4. The standard InChI is InChI=1S/C48H42N6/c1-3-12-34(13-4-1)46-52-47(35-14-5-2-6-15-35)54-48(53-46)38-28-36(27-37(29-38)40-18-9-16-32-11-7-8-17-39(32)40)31-20-22-33(23-21-31)44-41-24-26-49-30-42(41)45-43(51-44)19-10-25-50-45/h1-24,26-29,43,46-54H,25,30H2. The van der Waals surface area contributed by atoms with Crippen LogP contribution in [0.3, 0.4) is 0 Å². The maximum atomic E-state index is 3.92. The van der Waals surface area contributed by atoms with Crippen LogP contribution in [-0.4, -0.2) is 19.1 Å². The van der Waals surface area contributed by atoms with Gasteiger partial charge in [-0.3, -0.25) is 16.0 Å². The molecule has 0 saturated carbocycles. The van der Waals surface area contributed by atoms with Crippen LogP contribution >= 0.6 is 0 Å². The highest BCUT2D eigenvalue weighted by molar-refractivity contribution is 5.97. The van der Waals surface area contributed by atoms with E-state index in [-0.39, 0.29) is 24.5 Å². The molecule has 4 aliphatic rings. The van der Waals surface area contributed by atoms with Crippen molar-refractivity contribution in [2.75, 3.05) is 13.1 Å². The molecule has 0 aliphatic carbocycles. The largest absolute Gasteiger partial charge is 0.387 e. The number of hydrogen-bond donors (Lipinski definition) is 6. The number of benzene rings is 6. The second-order valence-corrected chi connectivity index (χ2v) is 14.4. The molecule has 0 aromatic heterocycles. The van der Waals surface area contributed by atoms with Crippen LogP contribution in [-0.2, 0) is 0 Å². The number of allylic oxidation sites excluding steroid dienone is 1. The molecule has 6 nitrogen and oxygen atoms in total. The third-order valence-corrected chi connectivity index (χ3v) is 11.1. The van der Waals surface area contributed by atoms with Gasteiger partial charge in [0.15, 0.2) is 0 Å². The topological polar surface area (TPSA) is 72.2 Å². The van der Waals surface area contributed by atoms with Gasteiger partial charge in [-0.1, -0.05) is 140 Å². The summed E-state index contributed by atoms with van der Waals surface area (Å²) in [7, 11) is 0. The molecule has 6 N–H and O–H groups in total. The molecular weight excluding hydrogens is 661 g/mol. The average Bonchev–Trinajstić information content (AvgIpc) is 3.26. The Kier molecular flexibility index (Phi) is 8.41. The number of dihydropyridines is 1. The van der Waals surface area contributed by atoms with Crippen LogP contribution in [0.25, 0.3) is 38.7 Å². The molecule has 264 valence electrons. The van der Waals surface area contributed by atoms with E-state index in [2.05, 4.69) is 202 Å². The van der Waals surface area contributed by atoms with Crippen molar-refractivity contribution in [1.29, 1.82) is 0 Å². The summed E-state index contributed by atoms with van der Waals surface area (Å²) in [6.07, 6.45) is 8.50. The maximum Gasteiger partial charge on any atom is 0.0865 e. The van der Waals surface area contributed by atoms with Gasteiger partial charge in [-0.25, -0.2) is 0 Å². The fourth-order valence-electron chi connectivity index (χ4n) is 8.40. The molecule has 0 radical (unpaired) electrons. The van der Waals surface area contributed by atoms with Gasteiger partial charge in [0, 0.05) is 35.6 Å².